The zero-order chi connectivity index (χ0) is 9.68. The van der Waals surface area contributed by atoms with Crippen molar-refractivity contribution in [3.63, 3.8) is 0 Å². The first-order valence-corrected chi connectivity index (χ1v) is 4.54. The van der Waals surface area contributed by atoms with Gasteiger partial charge in [0, 0.05) is 32.9 Å². The van der Waals surface area contributed by atoms with Gasteiger partial charge in [0.05, 0.1) is 5.69 Å². The number of nitrogens with one attached hydrogen (secondary N) is 1. The summed E-state index contributed by atoms with van der Waals surface area (Å²) in [5.41, 5.74) is 1.13. The summed E-state index contributed by atoms with van der Waals surface area (Å²) in [5.74, 6) is 0. The molecule has 0 unspecified atom stereocenters. The Morgan fingerprint density at radius 2 is 2.38 bits per heavy atom. The van der Waals surface area contributed by atoms with E-state index in [1.807, 2.05) is 25.0 Å². The van der Waals surface area contributed by atoms with Crippen LogP contribution in [0, 0.1) is 0 Å². The maximum absolute atomic E-state index is 4.31. The van der Waals surface area contributed by atoms with Crippen LogP contribution < -0.4 is 5.32 Å². The van der Waals surface area contributed by atoms with Gasteiger partial charge in [-0.1, -0.05) is 0 Å². The first kappa shape index (κ1) is 10.2. The van der Waals surface area contributed by atoms with Gasteiger partial charge in [-0.15, -0.1) is 0 Å². The molecule has 0 atom stereocenters. The maximum atomic E-state index is 4.31. The Kier molecular flexibility index (Phi) is 3.92. The van der Waals surface area contributed by atoms with Crippen LogP contribution in [-0.2, 0) is 13.6 Å². The van der Waals surface area contributed by atoms with Crippen molar-refractivity contribution in [2.24, 2.45) is 7.05 Å². The van der Waals surface area contributed by atoms with Gasteiger partial charge in [0.25, 0.3) is 0 Å². The Morgan fingerprint density at radius 1 is 1.62 bits per heavy atom. The third kappa shape index (κ3) is 3.57. The molecule has 0 saturated carbocycles. The van der Waals surface area contributed by atoms with Gasteiger partial charge in [0.1, 0.15) is 0 Å². The molecule has 0 fully saturated rings. The van der Waals surface area contributed by atoms with Crippen LogP contribution in [0.3, 0.4) is 0 Å². The lowest BCUT2D eigenvalue weighted by atomic mass is 10.4. The van der Waals surface area contributed by atoms with Gasteiger partial charge in [-0.25, -0.2) is 0 Å². The lowest BCUT2D eigenvalue weighted by Gasteiger charge is -2.14. The molecule has 0 aliphatic rings. The van der Waals surface area contributed by atoms with Crippen LogP contribution in [0.15, 0.2) is 12.3 Å². The molecule has 0 aliphatic carbocycles. The highest BCUT2D eigenvalue weighted by Gasteiger charge is 2.01. The fourth-order valence-electron chi connectivity index (χ4n) is 1.21. The highest BCUT2D eigenvalue weighted by Crippen LogP contribution is 1.97. The summed E-state index contributed by atoms with van der Waals surface area (Å²) in [6.07, 6.45) is 1.97. The van der Waals surface area contributed by atoms with E-state index in [0.29, 0.717) is 0 Å². The summed E-state index contributed by atoms with van der Waals surface area (Å²) in [5, 5.41) is 7.44. The molecular formula is C9H18N4. The number of hydrogen-bond acceptors (Lipinski definition) is 3. The number of rotatable bonds is 5. The average Bonchev–Trinajstić information content (AvgIpc) is 2.48. The molecule has 74 valence electrons. The minimum absolute atomic E-state index is 0.919. The minimum Gasteiger partial charge on any atom is -0.318 e. The standard InChI is InChI=1S/C9H18N4/c1-10-5-7-12(2)8-9-4-6-13(3)11-9/h4,6,10H,5,7-8H2,1-3H3. The predicted molar refractivity (Wildman–Crippen MR) is 53.5 cm³/mol. The summed E-state index contributed by atoms with van der Waals surface area (Å²) < 4.78 is 1.83. The maximum Gasteiger partial charge on any atom is 0.0764 e. The topological polar surface area (TPSA) is 33.1 Å². The van der Waals surface area contributed by atoms with Crippen molar-refractivity contribution < 1.29 is 0 Å². The molecule has 1 rings (SSSR count). The Bertz CT molecular complexity index is 244. The monoisotopic (exact) mass is 182 g/mol. The van der Waals surface area contributed by atoms with Crippen LogP contribution in [0.4, 0.5) is 0 Å². The Morgan fingerprint density at radius 3 is 2.92 bits per heavy atom. The van der Waals surface area contributed by atoms with E-state index in [1.54, 1.807) is 0 Å². The Balaban J connectivity index is 2.31. The van der Waals surface area contributed by atoms with E-state index in [4.69, 9.17) is 0 Å². The second-order valence-electron chi connectivity index (χ2n) is 3.32. The molecule has 1 aromatic heterocycles. The van der Waals surface area contributed by atoms with Crippen molar-refractivity contribution in [3.05, 3.63) is 18.0 Å². The molecule has 1 N–H and O–H groups in total. The lowest BCUT2D eigenvalue weighted by molar-refractivity contribution is 0.323. The number of aromatic nitrogens is 2. The zero-order valence-electron chi connectivity index (χ0n) is 8.62. The molecule has 13 heavy (non-hydrogen) atoms. The minimum atomic E-state index is 0.919. The first-order chi connectivity index (χ1) is 6.22. The number of hydrogen-bond donors (Lipinski definition) is 1. The molecule has 0 amide bonds. The van der Waals surface area contributed by atoms with Gasteiger partial charge in [0.2, 0.25) is 0 Å². The van der Waals surface area contributed by atoms with E-state index < -0.39 is 0 Å². The van der Waals surface area contributed by atoms with Crippen molar-refractivity contribution in [1.29, 1.82) is 0 Å². The predicted octanol–water partition coefficient (Wildman–Crippen LogP) is 0.0713. The highest BCUT2D eigenvalue weighted by molar-refractivity contribution is 4.97. The first-order valence-electron chi connectivity index (χ1n) is 4.54. The molecule has 1 aromatic rings. The molecule has 0 aliphatic heterocycles. The number of nitrogens with zero attached hydrogens (tertiary/aromatic N) is 3. The fraction of sp³-hybridized carbons (Fsp3) is 0.667. The van der Waals surface area contributed by atoms with E-state index >= 15 is 0 Å². The van der Waals surface area contributed by atoms with Crippen molar-refractivity contribution >= 4 is 0 Å². The van der Waals surface area contributed by atoms with E-state index in [2.05, 4.69) is 28.4 Å². The normalized spacial score (nSPS) is 11.1. The van der Waals surface area contributed by atoms with E-state index in [9.17, 15) is 0 Å². The van der Waals surface area contributed by atoms with Crippen LogP contribution >= 0.6 is 0 Å². The third-order valence-corrected chi connectivity index (χ3v) is 1.94. The van der Waals surface area contributed by atoms with Crippen LogP contribution in [0.2, 0.25) is 0 Å². The molecule has 0 bridgehead atoms. The van der Waals surface area contributed by atoms with Gasteiger partial charge >= 0.3 is 0 Å². The summed E-state index contributed by atoms with van der Waals surface area (Å²) >= 11 is 0. The van der Waals surface area contributed by atoms with Crippen LogP contribution in [0.25, 0.3) is 0 Å². The smallest absolute Gasteiger partial charge is 0.0764 e. The average molecular weight is 182 g/mol. The highest BCUT2D eigenvalue weighted by atomic mass is 15.3. The van der Waals surface area contributed by atoms with Crippen LogP contribution in [0.1, 0.15) is 5.69 Å². The van der Waals surface area contributed by atoms with Crippen molar-refractivity contribution in [2.75, 3.05) is 27.2 Å². The zero-order valence-corrected chi connectivity index (χ0v) is 8.62. The van der Waals surface area contributed by atoms with Crippen LogP contribution in [-0.4, -0.2) is 41.9 Å². The molecule has 1 heterocycles. The molecule has 0 aromatic carbocycles. The number of likely N-dealkylation sites (N-methyl/N-ethyl adjacent to an activating group) is 2. The van der Waals surface area contributed by atoms with Gasteiger partial charge in [0.15, 0.2) is 0 Å². The molecule has 0 radical (unpaired) electrons. The van der Waals surface area contributed by atoms with Gasteiger partial charge in [-0.2, -0.15) is 5.10 Å². The van der Waals surface area contributed by atoms with Gasteiger partial charge in [-0.05, 0) is 20.2 Å². The quantitative estimate of drug-likeness (QED) is 0.699. The van der Waals surface area contributed by atoms with E-state index in [1.165, 1.54) is 0 Å². The number of aryl methyl sites for hydroxylation is 1. The van der Waals surface area contributed by atoms with Crippen molar-refractivity contribution in [1.82, 2.24) is 20.0 Å². The second-order valence-corrected chi connectivity index (χ2v) is 3.32. The van der Waals surface area contributed by atoms with E-state index in [0.717, 1.165) is 25.3 Å². The molecule has 4 nitrogen and oxygen atoms in total. The summed E-state index contributed by atoms with van der Waals surface area (Å²) in [4.78, 5) is 2.25. The van der Waals surface area contributed by atoms with Crippen molar-refractivity contribution in [2.45, 2.75) is 6.54 Å². The lowest BCUT2D eigenvalue weighted by Crippen LogP contribution is -2.27. The third-order valence-electron chi connectivity index (χ3n) is 1.94. The Hall–Kier alpha value is -0.870. The van der Waals surface area contributed by atoms with Crippen molar-refractivity contribution in [3.8, 4) is 0 Å². The molecule has 0 spiro atoms. The Labute approximate surface area is 79.5 Å². The summed E-state index contributed by atoms with van der Waals surface area (Å²) in [6.45, 7) is 2.99. The molecule has 0 saturated heterocycles. The molecular weight excluding hydrogens is 164 g/mol. The largest absolute Gasteiger partial charge is 0.318 e. The summed E-state index contributed by atoms with van der Waals surface area (Å²) in [6, 6.07) is 2.05. The van der Waals surface area contributed by atoms with E-state index in [-0.39, 0.29) is 0 Å². The summed E-state index contributed by atoms with van der Waals surface area (Å²) in [7, 11) is 6.01. The van der Waals surface area contributed by atoms with Crippen LogP contribution in [0.5, 0.6) is 0 Å². The fourth-order valence-corrected chi connectivity index (χ4v) is 1.21. The second kappa shape index (κ2) is 4.99. The molecule has 4 heteroatoms. The SMILES string of the molecule is CNCCN(C)Cc1ccn(C)n1. The van der Waals surface area contributed by atoms with Gasteiger partial charge in [-0.3, -0.25) is 9.58 Å². The van der Waals surface area contributed by atoms with Gasteiger partial charge < -0.3 is 5.32 Å².